The van der Waals surface area contributed by atoms with Crippen molar-refractivity contribution in [1.82, 2.24) is 4.98 Å². The predicted molar refractivity (Wildman–Crippen MR) is 58.9 cm³/mol. The minimum Gasteiger partial charge on any atom is -0.362 e. The lowest BCUT2D eigenvalue weighted by Crippen LogP contribution is -2.17. The second-order valence-corrected chi connectivity index (χ2v) is 3.29. The van der Waals surface area contributed by atoms with E-state index < -0.39 is 0 Å². The Morgan fingerprint density at radius 1 is 1.64 bits per heavy atom. The van der Waals surface area contributed by atoms with E-state index in [2.05, 4.69) is 10.9 Å². The molecule has 0 aliphatic carbocycles. The maximum absolute atomic E-state index is 5.69. The fraction of sp³-hybridized carbons (Fsp3) is 0.364. The molecule has 0 aliphatic rings. The first kappa shape index (κ1) is 10.6. The van der Waals surface area contributed by atoms with Crippen molar-refractivity contribution in [3.8, 4) is 12.3 Å². The SMILES string of the molecule is C#CCN(C)c1ccc(C(C)N)nc1. The molecule has 1 atom stereocenters. The quantitative estimate of drug-likeness (QED) is 0.726. The Hall–Kier alpha value is -1.53. The summed E-state index contributed by atoms with van der Waals surface area (Å²) < 4.78 is 0. The molecular weight excluding hydrogens is 174 g/mol. The van der Waals surface area contributed by atoms with Crippen molar-refractivity contribution < 1.29 is 0 Å². The smallest absolute Gasteiger partial charge is 0.0789 e. The van der Waals surface area contributed by atoms with Crippen LogP contribution in [-0.2, 0) is 0 Å². The normalized spacial score (nSPS) is 11.9. The van der Waals surface area contributed by atoms with Crippen LogP contribution >= 0.6 is 0 Å². The summed E-state index contributed by atoms with van der Waals surface area (Å²) in [6.45, 7) is 2.49. The van der Waals surface area contributed by atoms with Crippen LogP contribution in [0.2, 0.25) is 0 Å². The third kappa shape index (κ3) is 2.48. The van der Waals surface area contributed by atoms with E-state index in [1.54, 1.807) is 6.20 Å². The molecule has 0 amide bonds. The van der Waals surface area contributed by atoms with Gasteiger partial charge in [-0.1, -0.05) is 5.92 Å². The van der Waals surface area contributed by atoms with Gasteiger partial charge in [0.05, 0.1) is 24.1 Å². The van der Waals surface area contributed by atoms with Crippen LogP contribution in [0.15, 0.2) is 18.3 Å². The Bertz CT molecular complexity index is 321. The summed E-state index contributed by atoms with van der Waals surface area (Å²) in [5.74, 6) is 2.58. The summed E-state index contributed by atoms with van der Waals surface area (Å²) in [6, 6.07) is 3.87. The Labute approximate surface area is 84.9 Å². The predicted octanol–water partition coefficient (Wildman–Crippen LogP) is 1.17. The van der Waals surface area contributed by atoms with Crippen LogP contribution in [0, 0.1) is 12.3 Å². The molecule has 1 unspecified atom stereocenters. The van der Waals surface area contributed by atoms with Gasteiger partial charge in [0.1, 0.15) is 0 Å². The molecule has 0 spiro atoms. The minimum absolute atomic E-state index is 0.0259. The highest BCUT2D eigenvalue weighted by molar-refractivity contribution is 5.44. The lowest BCUT2D eigenvalue weighted by molar-refractivity contribution is 0.780. The average molecular weight is 189 g/mol. The summed E-state index contributed by atoms with van der Waals surface area (Å²) in [4.78, 5) is 6.20. The molecule has 0 radical (unpaired) electrons. The fourth-order valence-corrected chi connectivity index (χ4v) is 1.12. The number of aromatic nitrogens is 1. The van der Waals surface area contributed by atoms with Gasteiger partial charge in [-0.15, -0.1) is 6.42 Å². The van der Waals surface area contributed by atoms with Crippen molar-refractivity contribution in [3.63, 3.8) is 0 Å². The number of anilines is 1. The molecule has 0 aromatic carbocycles. The number of terminal acetylenes is 1. The molecule has 1 aromatic rings. The molecular formula is C11H15N3. The zero-order valence-corrected chi connectivity index (χ0v) is 8.57. The molecule has 0 saturated heterocycles. The van der Waals surface area contributed by atoms with E-state index in [4.69, 9.17) is 12.2 Å². The van der Waals surface area contributed by atoms with Crippen LogP contribution in [0.25, 0.3) is 0 Å². The molecule has 3 heteroatoms. The third-order valence-electron chi connectivity index (χ3n) is 2.01. The maximum Gasteiger partial charge on any atom is 0.0789 e. The van der Waals surface area contributed by atoms with Crippen molar-refractivity contribution in [1.29, 1.82) is 0 Å². The van der Waals surface area contributed by atoms with Crippen molar-refractivity contribution in [2.45, 2.75) is 13.0 Å². The summed E-state index contributed by atoms with van der Waals surface area (Å²) >= 11 is 0. The van der Waals surface area contributed by atoms with E-state index in [0.717, 1.165) is 11.4 Å². The van der Waals surface area contributed by atoms with Gasteiger partial charge in [-0.3, -0.25) is 4.98 Å². The number of pyridine rings is 1. The number of rotatable bonds is 3. The Balaban J connectivity index is 2.78. The summed E-state index contributed by atoms with van der Waals surface area (Å²) in [6.07, 6.45) is 7.00. The van der Waals surface area contributed by atoms with E-state index in [1.807, 2.05) is 31.0 Å². The fourth-order valence-electron chi connectivity index (χ4n) is 1.12. The summed E-state index contributed by atoms with van der Waals surface area (Å²) in [7, 11) is 1.93. The molecule has 0 fully saturated rings. The summed E-state index contributed by atoms with van der Waals surface area (Å²) in [5.41, 5.74) is 7.59. The van der Waals surface area contributed by atoms with E-state index in [1.165, 1.54) is 0 Å². The Kier molecular flexibility index (Phi) is 3.49. The molecule has 3 nitrogen and oxygen atoms in total. The Morgan fingerprint density at radius 2 is 2.36 bits per heavy atom. The topological polar surface area (TPSA) is 42.1 Å². The lowest BCUT2D eigenvalue weighted by Gasteiger charge is -2.16. The molecule has 0 aliphatic heterocycles. The van der Waals surface area contributed by atoms with Crippen LogP contribution in [0.3, 0.4) is 0 Å². The van der Waals surface area contributed by atoms with Crippen molar-refractivity contribution in [2.75, 3.05) is 18.5 Å². The highest BCUT2D eigenvalue weighted by Gasteiger charge is 2.02. The second-order valence-electron chi connectivity index (χ2n) is 3.29. The first-order valence-electron chi connectivity index (χ1n) is 4.51. The van der Waals surface area contributed by atoms with Crippen LogP contribution in [-0.4, -0.2) is 18.6 Å². The first-order valence-corrected chi connectivity index (χ1v) is 4.51. The number of hydrogen-bond acceptors (Lipinski definition) is 3. The standard InChI is InChI=1S/C11H15N3/c1-4-7-14(3)10-5-6-11(9(2)12)13-8-10/h1,5-6,8-9H,7,12H2,2-3H3. The molecule has 0 saturated carbocycles. The lowest BCUT2D eigenvalue weighted by atomic mass is 10.2. The molecule has 1 aromatic heterocycles. The number of nitrogens with zero attached hydrogens (tertiary/aromatic N) is 2. The third-order valence-corrected chi connectivity index (χ3v) is 2.01. The molecule has 1 rings (SSSR count). The monoisotopic (exact) mass is 189 g/mol. The van der Waals surface area contributed by atoms with Gasteiger partial charge < -0.3 is 10.6 Å². The van der Waals surface area contributed by atoms with Gasteiger partial charge in [-0.2, -0.15) is 0 Å². The van der Waals surface area contributed by atoms with Crippen LogP contribution in [0.5, 0.6) is 0 Å². The molecule has 14 heavy (non-hydrogen) atoms. The van der Waals surface area contributed by atoms with Gasteiger partial charge >= 0.3 is 0 Å². The van der Waals surface area contributed by atoms with Crippen LogP contribution in [0.4, 0.5) is 5.69 Å². The van der Waals surface area contributed by atoms with Gasteiger partial charge in [-0.05, 0) is 19.1 Å². The average Bonchev–Trinajstić information content (AvgIpc) is 2.18. The van der Waals surface area contributed by atoms with Gasteiger partial charge in [-0.25, -0.2) is 0 Å². The van der Waals surface area contributed by atoms with E-state index in [-0.39, 0.29) is 6.04 Å². The van der Waals surface area contributed by atoms with Gasteiger partial charge in [0.15, 0.2) is 0 Å². The highest BCUT2D eigenvalue weighted by Crippen LogP contribution is 2.13. The van der Waals surface area contributed by atoms with Gasteiger partial charge in [0.2, 0.25) is 0 Å². The maximum atomic E-state index is 5.69. The van der Waals surface area contributed by atoms with Crippen LogP contribution < -0.4 is 10.6 Å². The zero-order valence-electron chi connectivity index (χ0n) is 8.57. The van der Waals surface area contributed by atoms with E-state index >= 15 is 0 Å². The second kappa shape index (κ2) is 4.64. The Morgan fingerprint density at radius 3 is 2.79 bits per heavy atom. The highest BCUT2D eigenvalue weighted by atomic mass is 15.1. The number of hydrogen-bond donors (Lipinski definition) is 1. The van der Waals surface area contributed by atoms with Gasteiger partial charge in [0.25, 0.3) is 0 Å². The van der Waals surface area contributed by atoms with Crippen LogP contribution in [0.1, 0.15) is 18.7 Å². The van der Waals surface area contributed by atoms with E-state index in [0.29, 0.717) is 6.54 Å². The molecule has 0 bridgehead atoms. The zero-order chi connectivity index (χ0) is 10.6. The largest absolute Gasteiger partial charge is 0.362 e. The number of nitrogens with two attached hydrogens (primary N) is 1. The molecule has 2 N–H and O–H groups in total. The van der Waals surface area contributed by atoms with Crippen molar-refractivity contribution >= 4 is 5.69 Å². The van der Waals surface area contributed by atoms with Crippen molar-refractivity contribution in [2.24, 2.45) is 5.73 Å². The first-order chi connectivity index (χ1) is 6.65. The van der Waals surface area contributed by atoms with Crippen molar-refractivity contribution in [3.05, 3.63) is 24.0 Å². The van der Waals surface area contributed by atoms with E-state index in [9.17, 15) is 0 Å². The minimum atomic E-state index is -0.0259. The molecule has 74 valence electrons. The summed E-state index contributed by atoms with van der Waals surface area (Å²) in [5, 5.41) is 0. The molecule has 1 heterocycles. The van der Waals surface area contributed by atoms with Gasteiger partial charge in [0, 0.05) is 13.1 Å².